The fourth-order valence-electron chi connectivity index (χ4n) is 2.47. The minimum Gasteiger partial charge on any atom is -0.496 e. The van der Waals surface area contributed by atoms with E-state index in [9.17, 15) is 0 Å². The summed E-state index contributed by atoms with van der Waals surface area (Å²) >= 11 is 6.08. The van der Waals surface area contributed by atoms with Gasteiger partial charge in [-0.3, -0.25) is 0 Å². The Balaban J connectivity index is 2.17. The van der Waals surface area contributed by atoms with E-state index in [2.05, 4.69) is 5.32 Å². The van der Waals surface area contributed by atoms with Crippen LogP contribution < -0.4 is 10.1 Å². The molecule has 1 saturated heterocycles. The van der Waals surface area contributed by atoms with Crippen LogP contribution in [0.2, 0.25) is 5.02 Å². The van der Waals surface area contributed by atoms with Crippen molar-refractivity contribution in [2.24, 2.45) is 0 Å². The van der Waals surface area contributed by atoms with E-state index in [1.165, 1.54) is 0 Å². The van der Waals surface area contributed by atoms with Gasteiger partial charge in [0, 0.05) is 23.2 Å². The molecule has 2 atom stereocenters. The van der Waals surface area contributed by atoms with Crippen LogP contribution in [0.1, 0.15) is 30.9 Å². The van der Waals surface area contributed by atoms with E-state index in [1.807, 2.05) is 25.2 Å². The Kier molecular flexibility index (Phi) is 4.87. The van der Waals surface area contributed by atoms with E-state index in [1.54, 1.807) is 7.11 Å². The summed E-state index contributed by atoms with van der Waals surface area (Å²) in [5.41, 5.74) is 1.10. The maximum absolute atomic E-state index is 6.08. The standard InChI is InChI=1S/C14H20ClNO2/c1-16-13(9-11-4-3-7-18-11)12-8-10(15)5-6-14(12)17-2/h5-6,8,11,13,16H,3-4,7,9H2,1-2H3. The summed E-state index contributed by atoms with van der Waals surface area (Å²) in [4.78, 5) is 0. The van der Waals surface area contributed by atoms with Gasteiger partial charge in [-0.1, -0.05) is 11.6 Å². The highest BCUT2D eigenvalue weighted by molar-refractivity contribution is 6.30. The zero-order valence-corrected chi connectivity index (χ0v) is 11.7. The summed E-state index contributed by atoms with van der Waals surface area (Å²) in [7, 11) is 3.64. The van der Waals surface area contributed by atoms with Gasteiger partial charge in [0.05, 0.1) is 13.2 Å². The van der Waals surface area contributed by atoms with Crippen molar-refractivity contribution in [2.75, 3.05) is 20.8 Å². The second-order valence-corrected chi connectivity index (χ2v) is 5.03. The molecule has 0 spiro atoms. The molecule has 0 amide bonds. The summed E-state index contributed by atoms with van der Waals surface area (Å²) in [6.45, 7) is 0.883. The second-order valence-electron chi connectivity index (χ2n) is 4.60. The first-order valence-corrected chi connectivity index (χ1v) is 6.74. The minimum atomic E-state index is 0.210. The van der Waals surface area contributed by atoms with Crippen molar-refractivity contribution in [3.63, 3.8) is 0 Å². The Morgan fingerprint density at radius 1 is 1.56 bits per heavy atom. The Morgan fingerprint density at radius 3 is 3.00 bits per heavy atom. The van der Waals surface area contributed by atoms with Crippen molar-refractivity contribution in [3.05, 3.63) is 28.8 Å². The number of methoxy groups -OCH3 is 1. The molecule has 18 heavy (non-hydrogen) atoms. The van der Waals surface area contributed by atoms with Gasteiger partial charge in [-0.15, -0.1) is 0 Å². The quantitative estimate of drug-likeness (QED) is 0.891. The molecule has 100 valence electrons. The lowest BCUT2D eigenvalue weighted by atomic mass is 9.98. The van der Waals surface area contributed by atoms with Crippen molar-refractivity contribution < 1.29 is 9.47 Å². The van der Waals surface area contributed by atoms with E-state index < -0.39 is 0 Å². The Labute approximate surface area is 113 Å². The third kappa shape index (κ3) is 3.16. The molecule has 1 heterocycles. The molecule has 0 radical (unpaired) electrons. The van der Waals surface area contributed by atoms with Gasteiger partial charge in [0.1, 0.15) is 5.75 Å². The fourth-order valence-corrected chi connectivity index (χ4v) is 2.65. The summed E-state index contributed by atoms with van der Waals surface area (Å²) in [6.07, 6.45) is 3.59. The molecule has 0 saturated carbocycles. The molecule has 1 aliphatic heterocycles. The average molecular weight is 270 g/mol. The first-order valence-electron chi connectivity index (χ1n) is 6.37. The van der Waals surface area contributed by atoms with E-state index in [-0.39, 0.29) is 6.04 Å². The zero-order chi connectivity index (χ0) is 13.0. The molecule has 0 aromatic heterocycles. The van der Waals surface area contributed by atoms with Gasteiger partial charge in [-0.2, -0.15) is 0 Å². The van der Waals surface area contributed by atoms with Crippen molar-refractivity contribution in [2.45, 2.75) is 31.4 Å². The van der Waals surface area contributed by atoms with Gasteiger partial charge >= 0.3 is 0 Å². The van der Waals surface area contributed by atoms with Crippen molar-refractivity contribution in [1.29, 1.82) is 0 Å². The number of hydrogen-bond donors (Lipinski definition) is 1. The van der Waals surface area contributed by atoms with Crippen molar-refractivity contribution in [1.82, 2.24) is 5.32 Å². The van der Waals surface area contributed by atoms with Gasteiger partial charge in [-0.05, 0) is 44.5 Å². The predicted molar refractivity (Wildman–Crippen MR) is 73.4 cm³/mol. The lowest BCUT2D eigenvalue weighted by molar-refractivity contribution is 0.0951. The van der Waals surface area contributed by atoms with Crippen LogP contribution in [0, 0.1) is 0 Å². The van der Waals surface area contributed by atoms with E-state index in [4.69, 9.17) is 21.1 Å². The van der Waals surface area contributed by atoms with Crippen LogP contribution in [0.15, 0.2) is 18.2 Å². The molecule has 1 N–H and O–H groups in total. The molecule has 2 rings (SSSR count). The molecule has 1 aliphatic rings. The molecule has 1 aromatic rings. The van der Waals surface area contributed by atoms with Gasteiger partial charge in [-0.25, -0.2) is 0 Å². The van der Waals surface area contributed by atoms with Crippen molar-refractivity contribution in [3.8, 4) is 5.75 Å². The maximum atomic E-state index is 6.08. The fraction of sp³-hybridized carbons (Fsp3) is 0.571. The minimum absolute atomic E-state index is 0.210. The third-order valence-electron chi connectivity index (χ3n) is 3.44. The number of ether oxygens (including phenoxy) is 2. The molecular formula is C14H20ClNO2. The van der Waals surface area contributed by atoms with Gasteiger partial charge < -0.3 is 14.8 Å². The van der Waals surface area contributed by atoms with Crippen LogP contribution >= 0.6 is 11.6 Å². The highest BCUT2D eigenvalue weighted by atomic mass is 35.5. The van der Waals surface area contributed by atoms with Gasteiger partial charge in [0.2, 0.25) is 0 Å². The Bertz CT molecular complexity index is 391. The highest BCUT2D eigenvalue weighted by Gasteiger charge is 2.23. The van der Waals surface area contributed by atoms with Crippen LogP contribution in [0.25, 0.3) is 0 Å². The number of benzene rings is 1. The largest absolute Gasteiger partial charge is 0.496 e. The molecule has 3 nitrogen and oxygen atoms in total. The average Bonchev–Trinajstić information content (AvgIpc) is 2.88. The molecule has 1 aromatic carbocycles. The number of rotatable bonds is 5. The van der Waals surface area contributed by atoms with Gasteiger partial charge in [0.25, 0.3) is 0 Å². The maximum Gasteiger partial charge on any atom is 0.123 e. The van der Waals surface area contributed by atoms with E-state index in [0.29, 0.717) is 6.10 Å². The molecule has 0 bridgehead atoms. The smallest absolute Gasteiger partial charge is 0.123 e. The molecule has 0 aliphatic carbocycles. The van der Waals surface area contributed by atoms with Crippen LogP contribution in [0.3, 0.4) is 0 Å². The van der Waals surface area contributed by atoms with E-state index >= 15 is 0 Å². The normalized spacial score (nSPS) is 20.9. The summed E-state index contributed by atoms with van der Waals surface area (Å²) in [5, 5.41) is 4.06. The van der Waals surface area contributed by atoms with E-state index in [0.717, 1.165) is 42.2 Å². The first-order chi connectivity index (χ1) is 8.74. The van der Waals surface area contributed by atoms with Crippen LogP contribution in [0.5, 0.6) is 5.75 Å². The zero-order valence-electron chi connectivity index (χ0n) is 10.9. The topological polar surface area (TPSA) is 30.5 Å². The van der Waals surface area contributed by atoms with Gasteiger partial charge in [0.15, 0.2) is 0 Å². The third-order valence-corrected chi connectivity index (χ3v) is 3.67. The summed E-state index contributed by atoms with van der Waals surface area (Å²) in [6, 6.07) is 5.94. The number of hydrogen-bond acceptors (Lipinski definition) is 3. The summed E-state index contributed by atoms with van der Waals surface area (Å²) < 4.78 is 11.1. The molecule has 2 unspecified atom stereocenters. The van der Waals surface area contributed by atoms with Crippen LogP contribution in [0.4, 0.5) is 0 Å². The lowest BCUT2D eigenvalue weighted by Crippen LogP contribution is -2.22. The van der Waals surface area contributed by atoms with Crippen molar-refractivity contribution >= 4 is 11.6 Å². The van der Waals surface area contributed by atoms with Crippen LogP contribution in [-0.4, -0.2) is 26.9 Å². The van der Waals surface area contributed by atoms with Crippen LogP contribution in [-0.2, 0) is 4.74 Å². The molecule has 4 heteroatoms. The number of halogens is 1. The number of nitrogens with one attached hydrogen (secondary N) is 1. The lowest BCUT2D eigenvalue weighted by Gasteiger charge is -2.22. The molecule has 1 fully saturated rings. The SMILES string of the molecule is CNC(CC1CCCO1)c1cc(Cl)ccc1OC. The Morgan fingerprint density at radius 2 is 2.39 bits per heavy atom. The monoisotopic (exact) mass is 269 g/mol. The summed E-state index contributed by atoms with van der Waals surface area (Å²) in [5.74, 6) is 0.872. The second kappa shape index (κ2) is 6.41. The predicted octanol–water partition coefficient (Wildman–Crippen LogP) is 3.18. The first kappa shape index (κ1) is 13.7. The Hall–Kier alpha value is -0.770. The molecular weight excluding hydrogens is 250 g/mol. The highest BCUT2D eigenvalue weighted by Crippen LogP contribution is 2.32.